The number of hydrogen-bond acceptors (Lipinski definition) is 5. The Kier molecular flexibility index (Phi) is 6.42. The van der Waals surface area contributed by atoms with E-state index in [2.05, 4.69) is 4.90 Å². The van der Waals surface area contributed by atoms with Crippen LogP contribution < -0.4 is 4.90 Å². The first kappa shape index (κ1) is 18.8. The highest BCUT2D eigenvalue weighted by Gasteiger charge is 2.22. The molecule has 5 heteroatoms. The van der Waals surface area contributed by atoms with Gasteiger partial charge in [-0.1, -0.05) is 24.3 Å². The van der Waals surface area contributed by atoms with Crippen molar-refractivity contribution in [2.75, 3.05) is 24.6 Å². The van der Waals surface area contributed by atoms with Crippen molar-refractivity contribution in [1.82, 2.24) is 0 Å². The van der Waals surface area contributed by atoms with Gasteiger partial charge in [-0.3, -0.25) is 0 Å². The Bertz CT molecular complexity index is 725. The van der Waals surface area contributed by atoms with E-state index in [1.54, 1.807) is 43.3 Å². The number of nitrogens with zero attached hydrogens (tertiary/aromatic N) is 1. The smallest absolute Gasteiger partial charge is 0.338 e. The molecular weight excluding hydrogens is 318 g/mol. The number of aromatic hydroxyl groups is 1. The molecular formula is C20H25NO4. The monoisotopic (exact) mass is 343 g/mol. The molecule has 134 valence electrons. The highest BCUT2D eigenvalue weighted by atomic mass is 16.5. The van der Waals surface area contributed by atoms with E-state index in [9.17, 15) is 15.0 Å². The maximum absolute atomic E-state index is 12.1. The van der Waals surface area contributed by atoms with Crippen LogP contribution in [0.25, 0.3) is 0 Å². The number of aliphatic hydroxyl groups excluding tert-OH is 1. The van der Waals surface area contributed by atoms with Crippen LogP contribution in [0.15, 0.2) is 42.5 Å². The number of anilines is 1. The molecule has 5 nitrogen and oxygen atoms in total. The van der Waals surface area contributed by atoms with E-state index in [0.717, 1.165) is 18.8 Å². The lowest BCUT2D eigenvalue weighted by Crippen LogP contribution is -2.21. The zero-order valence-corrected chi connectivity index (χ0v) is 14.9. The highest BCUT2D eigenvalue weighted by molar-refractivity contribution is 5.91. The fraction of sp³-hybridized carbons (Fsp3) is 0.350. The van der Waals surface area contributed by atoms with Gasteiger partial charge in [-0.25, -0.2) is 4.79 Å². The van der Waals surface area contributed by atoms with E-state index >= 15 is 0 Å². The first-order chi connectivity index (χ1) is 12.0. The number of aliphatic hydroxyl groups is 1. The van der Waals surface area contributed by atoms with Crippen molar-refractivity contribution in [3.05, 3.63) is 59.2 Å². The minimum atomic E-state index is -1.12. The quantitative estimate of drug-likeness (QED) is 0.753. The zero-order valence-electron chi connectivity index (χ0n) is 14.9. The first-order valence-electron chi connectivity index (χ1n) is 8.55. The van der Waals surface area contributed by atoms with Crippen LogP contribution in [0.4, 0.5) is 5.69 Å². The second-order valence-corrected chi connectivity index (χ2v) is 5.63. The number of hydrogen-bond donors (Lipinski definition) is 2. The van der Waals surface area contributed by atoms with E-state index in [0.29, 0.717) is 16.7 Å². The molecule has 0 radical (unpaired) electrons. The summed E-state index contributed by atoms with van der Waals surface area (Å²) in [5, 5.41) is 21.1. The van der Waals surface area contributed by atoms with E-state index in [-0.39, 0.29) is 12.4 Å². The number of esters is 1. The summed E-state index contributed by atoms with van der Waals surface area (Å²) in [4.78, 5) is 14.2. The van der Waals surface area contributed by atoms with Gasteiger partial charge in [0.1, 0.15) is 11.9 Å². The molecule has 0 aromatic heterocycles. The lowest BCUT2D eigenvalue weighted by atomic mass is 9.96. The predicted octanol–water partition coefficient (Wildman–Crippen LogP) is 3.50. The SMILES string of the molecule is CCOC(=O)c1ccccc1C(O)c1ccc(N(CC)CC)cc1O. The second kappa shape index (κ2) is 8.53. The molecule has 2 aromatic rings. The molecule has 0 saturated heterocycles. The van der Waals surface area contributed by atoms with Crippen molar-refractivity contribution >= 4 is 11.7 Å². The number of rotatable bonds is 7. The summed E-state index contributed by atoms with van der Waals surface area (Å²) < 4.78 is 5.05. The summed E-state index contributed by atoms with van der Waals surface area (Å²) in [5.41, 5.74) is 1.95. The molecule has 1 unspecified atom stereocenters. The van der Waals surface area contributed by atoms with Gasteiger partial charge in [0.15, 0.2) is 0 Å². The molecule has 0 bridgehead atoms. The Labute approximate surface area is 148 Å². The molecule has 0 aliphatic rings. The van der Waals surface area contributed by atoms with Crippen LogP contribution in [-0.2, 0) is 4.74 Å². The number of benzene rings is 2. The van der Waals surface area contributed by atoms with Crippen molar-refractivity contribution in [3.63, 3.8) is 0 Å². The number of carbonyl (C=O) groups is 1. The minimum absolute atomic E-state index is 0.00411. The lowest BCUT2D eigenvalue weighted by Gasteiger charge is -2.23. The average Bonchev–Trinajstić information content (AvgIpc) is 2.62. The number of carbonyl (C=O) groups excluding carboxylic acids is 1. The van der Waals surface area contributed by atoms with Crippen molar-refractivity contribution in [1.29, 1.82) is 0 Å². The van der Waals surface area contributed by atoms with Crippen LogP contribution in [0.5, 0.6) is 5.75 Å². The molecule has 0 fully saturated rings. The van der Waals surface area contributed by atoms with Gasteiger partial charge >= 0.3 is 5.97 Å². The van der Waals surface area contributed by atoms with E-state index < -0.39 is 12.1 Å². The molecule has 0 saturated carbocycles. The fourth-order valence-electron chi connectivity index (χ4n) is 2.85. The molecule has 0 aliphatic carbocycles. The molecule has 0 aliphatic heterocycles. The topological polar surface area (TPSA) is 70.0 Å². The van der Waals surface area contributed by atoms with Crippen molar-refractivity contribution in [2.45, 2.75) is 26.9 Å². The number of ether oxygens (including phenoxy) is 1. The van der Waals surface area contributed by atoms with E-state index in [4.69, 9.17) is 4.74 Å². The minimum Gasteiger partial charge on any atom is -0.507 e. The number of phenolic OH excluding ortho intramolecular Hbond substituents is 1. The normalized spacial score (nSPS) is 11.8. The maximum Gasteiger partial charge on any atom is 0.338 e. The highest BCUT2D eigenvalue weighted by Crippen LogP contribution is 2.34. The third kappa shape index (κ3) is 4.12. The first-order valence-corrected chi connectivity index (χ1v) is 8.55. The number of phenols is 1. The maximum atomic E-state index is 12.1. The average molecular weight is 343 g/mol. The lowest BCUT2D eigenvalue weighted by molar-refractivity contribution is 0.0521. The summed E-state index contributed by atoms with van der Waals surface area (Å²) in [6.45, 7) is 7.71. The Balaban J connectivity index is 2.38. The van der Waals surface area contributed by atoms with Gasteiger partial charge in [-0.15, -0.1) is 0 Å². The molecule has 1 atom stereocenters. The summed E-state index contributed by atoms with van der Waals surface area (Å²) in [6.07, 6.45) is -1.12. The molecule has 0 amide bonds. The third-order valence-electron chi connectivity index (χ3n) is 4.19. The van der Waals surface area contributed by atoms with Gasteiger partial charge < -0.3 is 19.8 Å². The Morgan fingerprint density at radius 2 is 1.76 bits per heavy atom. The van der Waals surface area contributed by atoms with Crippen LogP contribution in [0.3, 0.4) is 0 Å². The van der Waals surface area contributed by atoms with Crippen LogP contribution in [0.1, 0.15) is 48.4 Å². The van der Waals surface area contributed by atoms with E-state index in [1.807, 2.05) is 19.9 Å². The van der Waals surface area contributed by atoms with Gasteiger partial charge in [-0.2, -0.15) is 0 Å². The Morgan fingerprint density at radius 3 is 2.36 bits per heavy atom. The van der Waals surface area contributed by atoms with Gasteiger partial charge in [0.05, 0.1) is 12.2 Å². The van der Waals surface area contributed by atoms with Crippen molar-refractivity contribution in [2.24, 2.45) is 0 Å². The molecule has 0 spiro atoms. The molecule has 0 heterocycles. The second-order valence-electron chi connectivity index (χ2n) is 5.63. The standard InChI is InChI=1S/C20H25NO4/c1-4-21(5-2)14-11-12-17(18(22)13-14)19(23)15-9-7-8-10-16(15)20(24)25-6-3/h7-13,19,22-23H,4-6H2,1-3H3. The summed E-state index contributed by atoms with van der Waals surface area (Å²) in [6, 6.07) is 11.9. The van der Waals surface area contributed by atoms with Crippen LogP contribution >= 0.6 is 0 Å². The van der Waals surface area contributed by atoms with Crippen LogP contribution in [-0.4, -0.2) is 35.9 Å². The van der Waals surface area contributed by atoms with Crippen LogP contribution in [0.2, 0.25) is 0 Å². The molecule has 2 rings (SSSR count). The summed E-state index contributed by atoms with van der Waals surface area (Å²) in [7, 11) is 0. The largest absolute Gasteiger partial charge is 0.507 e. The Hall–Kier alpha value is -2.53. The molecule has 25 heavy (non-hydrogen) atoms. The van der Waals surface area contributed by atoms with E-state index in [1.165, 1.54) is 0 Å². The van der Waals surface area contributed by atoms with Gasteiger partial charge in [0, 0.05) is 30.4 Å². The Morgan fingerprint density at radius 1 is 1.08 bits per heavy atom. The van der Waals surface area contributed by atoms with Gasteiger partial charge in [0.25, 0.3) is 0 Å². The third-order valence-corrected chi connectivity index (χ3v) is 4.19. The van der Waals surface area contributed by atoms with Gasteiger partial charge in [-0.05, 0) is 38.5 Å². The van der Waals surface area contributed by atoms with Crippen LogP contribution in [0, 0.1) is 0 Å². The van der Waals surface area contributed by atoms with Crippen molar-refractivity contribution < 1.29 is 19.7 Å². The zero-order chi connectivity index (χ0) is 18.4. The molecule has 2 N–H and O–H groups in total. The van der Waals surface area contributed by atoms with Crippen molar-refractivity contribution in [3.8, 4) is 5.75 Å². The summed E-state index contributed by atoms with van der Waals surface area (Å²) >= 11 is 0. The fourth-order valence-corrected chi connectivity index (χ4v) is 2.85. The molecule has 2 aromatic carbocycles. The summed E-state index contributed by atoms with van der Waals surface area (Å²) in [5.74, 6) is -0.494. The predicted molar refractivity (Wildman–Crippen MR) is 98.1 cm³/mol. The van der Waals surface area contributed by atoms with Gasteiger partial charge in [0.2, 0.25) is 0 Å².